The minimum absolute atomic E-state index is 0.0741. The second kappa shape index (κ2) is 7.81. The van der Waals surface area contributed by atoms with Gasteiger partial charge in [0, 0.05) is 37.1 Å². The van der Waals surface area contributed by atoms with E-state index in [0.29, 0.717) is 37.5 Å². The Morgan fingerprint density at radius 2 is 1.92 bits per heavy atom. The number of benzene rings is 1. The molecule has 1 aliphatic rings. The van der Waals surface area contributed by atoms with E-state index in [9.17, 15) is 13.2 Å². The van der Waals surface area contributed by atoms with Gasteiger partial charge in [-0.15, -0.1) is 11.8 Å². The van der Waals surface area contributed by atoms with E-state index in [-0.39, 0.29) is 5.91 Å². The Balaban J connectivity index is 1.68. The normalized spacial score (nSPS) is 16.0. The number of sulfonamides is 1. The molecule has 26 heavy (non-hydrogen) atoms. The molecule has 1 aliphatic heterocycles. The lowest BCUT2D eigenvalue weighted by atomic mass is 10.2. The maximum absolute atomic E-state index is 12.9. The van der Waals surface area contributed by atoms with Crippen LogP contribution in [0.2, 0.25) is 0 Å². The van der Waals surface area contributed by atoms with Crippen molar-refractivity contribution in [2.75, 3.05) is 32.4 Å². The average Bonchev–Trinajstić information content (AvgIpc) is 3.04. The maximum Gasteiger partial charge on any atom is 0.255 e. The molecule has 1 saturated heterocycles. The summed E-state index contributed by atoms with van der Waals surface area (Å²) in [6, 6.07) is 9.32. The van der Waals surface area contributed by atoms with Crippen molar-refractivity contribution in [1.82, 2.24) is 14.4 Å². The van der Waals surface area contributed by atoms with Crippen molar-refractivity contribution in [2.24, 2.45) is 0 Å². The molecule has 1 aromatic heterocycles. The van der Waals surface area contributed by atoms with Crippen molar-refractivity contribution in [3.05, 3.63) is 47.3 Å². The second-order valence-electron chi connectivity index (χ2n) is 6.17. The van der Waals surface area contributed by atoms with Gasteiger partial charge in [-0.25, -0.2) is 8.42 Å². The van der Waals surface area contributed by atoms with Gasteiger partial charge in [-0.1, -0.05) is 17.3 Å². The predicted molar refractivity (Wildman–Crippen MR) is 99.6 cm³/mol. The standard InChI is InChI=1S/C17H21N3O4S2/c1-13-11-14(24-18-13)12-25-16-6-4-3-5-15(16)17(21)19-7-9-20(10-8-19)26(2,22)23/h3-6,11H,7-10,12H2,1-2H3. The average molecular weight is 396 g/mol. The lowest BCUT2D eigenvalue weighted by molar-refractivity contribution is 0.0694. The third kappa shape index (κ3) is 4.46. The second-order valence-corrected chi connectivity index (χ2v) is 9.17. The molecule has 9 heteroatoms. The zero-order valence-electron chi connectivity index (χ0n) is 14.7. The van der Waals surface area contributed by atoms with Gasteiger partial charge < -0.3 is 9.42 Å². The summed E-state index contributed by atoms with van der Waals surface area (Å²) in [6.45, 7) is 3.32. The fourth-order valence-electron chi connectivity index (χ4n) is 2.80. The molecule has 0 unspecified atom stereocenters. The quantitative estimate of drug-likeness (QED) is 0.720. The summed E-state index contributed by atoms with van der Waals surface area (Å²) in [5, 5.41) is 3.87. The van der Waals surface area contributed by atoms with E-state index in [4.69, 9.17) is 4.52 Å². The predicted octanol–water partition coefficient (Wildman–Crippen LogP) is 1.99. The highest BCUT2D eigenvalue weighted by atomic mass is 32.2. The highest BCUT2D eigenvalue weighted by Gasteiger charge is 2.27. The van der Waals surface area contributed by atoms with Crippen molar-refractivity contribution in [1.29, 1.82) is 0 Å². The molecule has 0 saturated carbocycles. The number of thioether (sulfide) groups is 1. The number of nitrogens with zero attached hydrogens (tertiary/aromatic N) is 3. The molecule has 0 atom stereocenters. The molecule has 1 amide bonds. The van der Waals surface area contributed by atoms with Crippen LogP contribution in [0, 0.1) is 6.92 Å². The smallest absolute Gasteiger partial charge is 0.255 e. The number of carbonyl (C=O) groups is 1. The van der Waals surface area contributed by atoms with Gasteiger partial charge in [-0.2, -0.15) is 4.31 Å². The number of hydrogen-bond acceptors (Lipinski definition) is 6. The highest BCUT2D eigenvalue weighted by Crippen LogP contribution is 2.27. The number of hydrogen-bond donors (Lipinski definition) is 0. The van der Waals surface area contributed by atoms with Crippen LogP contribution in [0.4, 0.5) is 0 Å². The Labute approximate surface area is 157 Å². The number of carbonyl (C=O) groups excluding carboxylic acids is 1. The Bertz CT molecular complexity index is 887. The van der Waals surface area contributed by atoms with E-state index < -0.39 is 10.0 Å². The van der Waals surface area contributed by atoms with Crippen LogP contribution in [0.5, 0.6) is 0 Å². The van der Waals surface area contributed by atoms with Gasteiger partial charge in [0.05, 0.1) is 23.3 Å². The molecule has 2 heterocycles. The first-order valence-corrected chi connectivity index (χ1v) is 11.1. The fourth-order valence-corrected chi connectivity index (χ4v) is 4.54. The van der Waals surface area contributed by atoms with Crippen LogP contribution in [0.3, 0.4) is 0 Å². The van der Waals surface area contributed by atoms with Crippen molar-refractivity contribution in [3.63, 3.8) is 0 Å². The van der Waals surface area contributed by atoms with E-state index in [2.05, 4.69) is 5.16 Å². The van der Waals surface area contributed by atoms with Crippen LogP contribution < -0.4 is 0 Å². The molecule has 3 rings (SSSR count). The van der Waals surface area contributed by atoms with Gasteiger partial charge in [0.1, 0.15) is 5.76 Å². The van der Waals surface area contributed by atoms with Gasteiger partial charge in [0.2, 0.25) is 10.0 Å². The first kappa shape index (κ1) is 18.9. The summed E-state index contributed by atoms with van der Waals surface area (Å²) < 4.78 is 29.9. The van der Waals surface area contributed by atoms with Crippen LogP contribution in [0.1, 0.15) is 21.8 Å². The Hall–Kier alpha value is -1.84. The van der Waals surface area contributed by atoms with Crippen molar-refractivity contribution in [3.8, 4) is 0 Å². The number of piperazine rings is 1. The SMILES string of the molecule is Cc1cc(CSc2ccccc2C(=O)N2CCN(S(C)(=O)=O)CC2)on1. The van der Waals surface area contributed by atoms with Crippen LogP contribution in [0.15, 0.2) is 39.8 Å². The molecular weight excluding hydrogens is 374 g/mol. The lowest BCUT2D eigenvalue weighted by Crippen LogP contribution is -2.50. The zero-order chi connectivity index (χ0) is 18.7. The van der Waals surface area contributed by atoms with E-state index in [1.807, 2.05) is 31.2 Å². The van der Waals surface area contributed by atoms with E-state index in [0.717, 1.165) is 16.3 Å². The van der Waals surface area contributed by atoms with Gasteiger partial charge in [-0.05, 0) is 19.1 Å². The van der Waals surface area contributed by atoms with Crippen LogP contribution in [-0.2, 0) is 15.8 Å². The van der Waals surface area contributed by atoms with Gasteiger partial charge in [0.25, 0.3) is 5.91 Å². The Morgan fingerprint density at radius 1 is 1.23 bits per heavy atom. The van der Waals surface area contributed by atoms with Crippen molar-refractivity contribution < 1.29 is 17.7 Å². The molecule has 1 fully saturated rings. The number of aromatic nitrogens is 1. The van der Waals surface area contributed by atoms with E-state index in [1.54, 1.807) is 11.0 Å². The third-order valence-corrected chi connectivity index (χ3v) is 6.56. The summed E-state index contributed by atoms with van der Waals surface area (Å²) in [5.74, 6) is 1.28. The molecule has 0 aliphatic carbocycles. The minimum atomic E-state index is -3.21. The van der Waals surface area contributed by atoms with E-state index >= 15 is 0 Å². The lowest BCUT2D eigenvalue weighted by Gasteiger charge is -2.33. The van der Waals surface area contributed by atoms with Crippen molar-refractivity contribution in [2.45, 2.75) is 17.6 Å². The molecule has 0 spiro atoms. The topological polar surface area (TPSA) is 83.7 Å². The molecule has 0 radical (unpaired) electrons. The van der Waals surface area contributed by atoms with Crippen LogP contribution in [-0.4, -0.2) is 61.1 Å². The largest absolute Gasteiger partial charge is 0.360 e. The van der Waals surface area contributed by atoms with Gasteiger partial charge in [-0.3, -0.25) is 4.79 Å². The number of amides is 1. The first-order chi connectivity index (χ1) is 12.3. The number of rotatable bonds is 5. The molecule has 2 aromatic rings. The van der Waals surface area contributed by atoms with Crippen LogP contribution in [0.25, 0.3) is 0 Å². The highest BCUT2D eigenvalue weighted by molar-refractivity contribution is 7.98. The number of aryl methyl sites for hydroxylation is 1. The zero-order valence-corrected chi connectivity index (χ0v) is 16.3. The molecule has 1 aromatic carbocycles. The van der Waals surface area contributed by atoms with Crippen molar-refractivity contribution >= 4 is 27.7 Å². The van der Waals surface area contributed by atoms with Gasteiger partial charge >= 0.3 is 0 Å². The fraction of sp³-hybridized carbons (Fsp3) is 0.412. The molecule has 0 N–H and O–H groups in total. The van der Waals surface area contributed by atoms with E-state index in [1.165, 1.54) is 22.3 Å². The first-order valence-electron chi connectivity index (χ1n) is 8.23. The molecular formula is C17H21N3O4S2. The summed E-state index contributed by atoms with van der Waals surface area (Å²) in [4.78, 5) is 15.5. The molecule has 7 nitrogen and oxygen atoms in total. The molecule has 0 bridgehead atoms. The Morgan fingerprint density at radius 3 is 2.54 bits per heavy atom. The molecule has 140 valence electrons. The summed E-state index contributed by atoms with van der Waals surface area (Å²) in [7, 11) is -3.21. The summed E-state index contributed by atoms with van der Waals surface area (Å²) in [5.41, 5.74) is 1.45. The third-order valence-electron chi connectivity index (χ3n) is 4.16. The van der Waals surface area contributed by atoms with Gasteiger partial charge in [0.15, 0.2) is 0 Å². The maximum atomic E-state index is 12.9. The summed E-state index contributed by atoms with van der Waals surface area (Å²) >= 11 is 1.52. The van der Waals surface area contributed by atoms with Crippen LogP contribution >= 0.6 is 11.8 Å². The monoisotopic (exact) mass is 395 g/mol. The summed E-state index contributed by atoms with van der Waals surface area (Å²) in [6.07, 6.45) is 1.20. The minimum Gasteiger partial charge on any atom is -0.360 e. The Kier molecular flexibility index (Phi) is 5.69.